The summed E-state index contributed by atoms with van der Waals surface area (Å²) in [6.45, 7) is 0. The van der Waals surface area contributed by atoms with E-state index in [0.717, 1.165) is 0 Å². The monoisotopic (exact) mass is 334 g/mol. The summed E-state index contributed by atoms with van der Waals surface area (Å²) in [4.78, 5) is 26.2. The Morgan fingerprint density at radius 1 is 1.08 bits per heavy atom. The van der Waals surface area contributed by atoms with Crippen molar-refractivity contribution in [3.05, 3.63) is 76.5 Å². The molecule has 2 aromatic carbocycles. The number of nitro groups is 1. The molecule has 0 aliphatic heterocycles. The van der Waals surface area contributed by atoms with Gasteiger partial charge in [-0.05, 0) is 23.8 Å². The molecule has 1 heterocycles. The van der Waals surface area contributed by atoms with Crippen molar-refractivity contribution >= 4 is 29.2 Å². The molecule has 0 amide bonds. The van der Waals surface area contributed by atoms with Crippen molar-refractivity contribution in [3.63, 3.8) is 0 Å². The van der Waals surface area contributed by atoms with Gasteiger partial charge in [-0.15, -0.1) is 0 Å². The standard InChI is InChI=1S/C18H14N4O3/c19-16-6-3-9-20-18(16)21-17-8-7-13(22(24)25)10-15(17)14-5-2-1-4-12(14)11-23/h1-11H,19H2,(H,20,21). The minimum atomic E-state index is -0.480. The number of nitrogens with one attached hydrogen (secondary N) is 1. The minimum absolute atomic E-state index is 0.0738. The van der Waals surface area contributed by atoms with Crippen LogP contribution in [0.1, 0.15) is 10.4 Å². The van der Waals surface area contributed by atoms with Crippen molar-refractivity contribution in [3.8, 4) is 11.1 Å². The van der Waals surface area contributed by atoms with Gasteiger partial charge in [-0.3, -0.25) is 14.9 Å². The van der Waals surface area contributed by atoms with E-state index < -0.39 is 4.92 Å². The highest BCUT2D eigenvalue weighted by molar-refractivity contribution is 5.93. The van der Waals surface area contributed by atoms with E-state index in [1.165, 1.54) is 12.1 Å². The third kappa shape index (κ3) is 3.30. The largest absolute Gasteiger partial charge is 0.396 e. The molecule has 3 rings (SSSR count). The Hall–Kier alpha value is -3.74. The Balaban J connectivity index is 2.17. The average molecular weight is 334 g/mol. The van der Waals surface area contributed by atoms with E-state index in [0.29, 0.717) is 40.2 Å². The lowest BCUT2D eigenvalue weighted by Crippen LogP contribution is -2.01. The number of aromatic nitrogens is 1. The van der Waals surface area contributed by atoms with E-state index in [-0.39, 0.29) is 5.69 Å². The summed E-state index contributed by atoms with van der Waals surface area (Å²) in [5.74, 6) is 0.432. The van der Waals surface area contributed by atoms with Gasteiger partial charge in [-0.1, -0.05) is 24.3 Å². The van der Waals surface area contributed by atoms with Gasteiger partial charge < -0.3 is 11.1 Å². The van der Waals surface area contributed by atoms with Crippen LogP contribution < -0.4 is 11.1 Å². The number of nitrogens with zero attached hydrogens (tertiary/aromatic N) is 2. The fourth-order valence-corrected chi connectivity index (χ4v) is 2.47. The van der Waals surface area contributed by atoms with E-state index >= 15 is 0 Å². The lowest BCUT2D eigenvalue weighted by molar-refractivity contribution is -0.384. The van der Waals surface area contributed by atoms with Gasteiger partial charge in [-0.2, -0.15) is 0 Å². The summed E-state index contributed by atoms with van der Waals surface area (Å²) in [6.07, 6.45) is 2.30. The number of hydrogen-bond acceptors (Lipinski definition) is 6. The van der Waals surface area contributed by atoms with Crippen LogP contribution in [0, 0.1) is 10.1 Å². The average Bonchev–Trinajstić information content (AvgIpc) is 2.63. The number of pyridine rings is 1. The molecule has 0 aliphatic rings. The smallest absolute Gasteiger partial charge is 0.270 e. The van der Waals surface area contributed by atoms with Crippen molar-refractivity contribution < 1.29 is 9.72 Å². The first-order valence-corrected chi connectivity index (χ1v) is 7.40. The Kier molecular flexibility index (Phi) is 4.38. The number of non-ortho nitro benzene ring substituents is 1. The topological polar surface area (TPSA) is 111 Å². The number of hydrogen-bond donors (Lipinski definition) is 2. The maximum absolute atomic E-state index is 11.4. The normalized spacial score (nSPS) is 10.2. The molecule has 0 bridgehead atoms. The summed E-state index contributed by atoms with van der Waals surface area (Å²) in [7, 11) is 0. The molecule has 0 unspecified atom stereocenters. The SMILES string of the molecule is Nc1cccnc1Nc1ccc([N+](=O)[O-])cc1-c1ccccc1C=O. The molecule has 0 atom stereocenters. The van der Waals surface area contributed by atoms with Gasteiger partial charge in [0, 0.05) is 35.1 Å². The molecule has 0 aliphatic carbocycles. The quantitative estimate of drug-likeness (QED) is 0.417. The molecule has 3 aromatic rings. The van der Waals surface area contributed by atoms with Gasteiger partial charge in [0.05, 0.1) is 10.6 Å². The van der Waals surface area contributed by atoms with Gasteiger partial charge in [0.15, 0.2) is 12.1 Å². The molecule has 25 heavy (non-hydrogen) atoms. The van der Waals surface area contributed by atoms with Crippen LogP contribution in [-0.4, -0.2) is 16.2 Å². The molecule has 0 saturated carbocycles. The number of nitro benzene ring substituents is 1. The second kappa shape index (κ2) is 6.79. The Morgan fingerprint density at radius 3 is 2.60 bits per heavy atom. The van der Waals surface area contributed by atoms with Crippen LogP contribution in [0.2, 0.25) is 0 Å². The highest BCUT2D eigenvalue weighted by Crippen LogP contribution is 2.35. The first-order valence-electron chi connectivity index (χ1n) is 7.40. The second-order valence-electron chi connectivity index (χ2n) is 5.26. The molecular weight excluding hydrogens is 320 g/mol. The third-order valence-corrected chi connectivity index (χ3v) is 3.68. The molecule has 0 saturated heterocycles. The molecule has 3 N–H and O–H groups in total. The first kappa shape index (κ1) is 16.1. The zero-order chi connectivity index (χ0) is 17.8. The second-order valence-corrected chi connectivity index (χ2v) is 5.26. The number of anilines is 3. The van der Waals surface area contributed by atoms with Crippen molar-refractivity contribution in [2.24, 2.45) is 0 Å². The van der Waals surface area contributed by atoms with E-state index in [4.69, 9.17) is 5.73 Å². The molecule has 1 aromatic heterocycles. The molecular formula is C18H14N4O3. The number of benzene rings is 2. The van der Waals surface area contributed by atoms with Crippen molar-refractivity contribution in [1.82, 2.24) is 4.98 Å². The predicted octanol–water partition coefficient (Wildman–Crippen LogP) is 3.80. The number of nitrogens with two attached hydrogens (primary N) is 1. The fourth-order valence-electron chi connectivity index (χ4n) is 2.47. The van der Waals surface area contributed by atoms with Crippen molar-refractivity contribution in [2.45, 2.75) is 0 Å². The summed E-state index contributed by atoms with van der Waals surface area (Å²) in [6, 6.07) is 14.7. The molecule has 0 radical (unpaired) electrons. The number of carbonyl (C=O) groups excluding carboxylic acids is 1. The predicted molar refractivity (Wildman–Crippen MR) is 95.9 cm³/mol. The van der Waals surface area contributed by atoms with Gasteiger partial charge >= 0.3 is 0 Å². The van der Waals surface area contributed by atoms with Crippen LogP contribution in [0.3, 0.4) is 0 Å². The van der Waals surface area contributed by atoms with Crippen LogP contribution in [0.15, 0.2) is 60.8 Å². The molecule has 7 nitrogen and oxygen atoms in total. The van der Waals surface area contributed by atoms with Crippen LogP contribution in [-0.2, 0) is 0 Å². The summed E-state index contributed by atoms with van der Waals surface area (Å²) in [5, 5.41) is 14.2. The van der Waals surface area contributed by atoms with Crippen molar-refractivity contribution in [2.75, 3.05) is 11.1 Å². The molecule has 7 heteroatoms. The Labute approximate surface area is 143 Å². The minimum Gasteiger partial charge on any atom is -0.396 e. The van der Waals surface area contributed by atoms with E-state index in [1.54, 1.807) is 48.7 Å². The number of aldehydes is 1. The number of carbonyl (C=O) groups is 1. The zero-order valence-electron chi connectivity index (χ0n) is 13.0. The summed E-state index contributed by atoms with van der Waals surface area (Å²) in [5.41, 5.74) is 8.36. The van der Waals surface area contributed by atoms with Crippen LogP contribution in [0.5, 0.6) is 0 Å². The Bertz CT molecular complexity index is 957. The fraction of sp³-hybridized carbons (Fsp3) is 0. The molecule has 124 valence electrons. The summed E-state index contributed by atoms with van der Waals surface area (Å²) >= 11 is 0. The highest BCUT2D eigenvalue weighted by Gasteiger charge is 2.15. The highest BCUT2D eigenvalue weighted by atomic mass is 16.6. The lowest BCUT2D eigenvalue weighted by atomic mass is 9.98. The maximum atomic E-state index is 11.4. The molecule has 0 fully saturated rings. The summed E-state index contributed by atoms with van der Waals surface area (Å²) < 4.78 is 0. The van der Waals surface area contributed by atoms with Gasteiger partial charge in [-0.25, -0.2) is 4.98 Å². The van der Waals surface area contributed by atoms with Crippen molar-refractivity contribution in [1.29, 1.82) is 0 Å². The van der Waals surface area contributed by atoms with Gasteiger partial charge in [0.25, 0.3) is 5.69 Å². The molecule has 0 spiro atoms. The van der Waals surface area contributed by atoms with Crippen LogP contribution in [0.4, 0.5) is 22.9 Å². The lowest BCUT2D eigenvalue weighted by Gasteiger charge is -2.14. The van der Waals surface area contributed by atoms with E-state index in [1.807, 2.05) is 0 Å². The van der Waals surface area contributed by atoms with Crippen LogP contribution in [0.25, 0.3) is 11.1 Å². The van der Waals surface area contributed by atoms with Crippen LogP contribution >= 0.6 is 0 Å². The third-order valence-electron chi connectivity index (χ3n) is 3.68. The zero-order valence-corrected chi connectivity index (χ0v) is 13.0. The number of nitrogen functional groups attached to an aromatic ring is 1. The Morgan fingerprint density at radius 2 is 1.88 bits per heavy atom. The van der Waals surface area contributed by atoms with Gasteiger partial charge in [0.1, 0.15) is 0 Å². The maximum Gasteiger partial charge on any atom is 0.270 e. The van der Waals surface area contributed by atoms with E-state index in [2.05, 4.69) is 10.3 Å². The first-order chi connectivity index (χ1) is 12.1. The van der Waals surface area contributed by atoms with Gasteiger partial charge in [0.2, 0.25) is 0 Å². The number of rotatable bonds is 5. The van der Waals surface area contributed by atoms with E-state index in [9.17, 15) is 14.9 Å².